The molecule has 1 amide bonds. The minimum atomic E-state index is -3.84. The van der Waals surface area contributed by atoms with Gasteiger partial charge in [0.2, 0.25) is 9.84 Å². The number of hydrogen-bond acceptors (Lipinski definition) is 4. The Bertz CT molecular complexity index is 1210. The molecule has 0 fully saturated rings. The van der Waals surface area contributed by atoms with Gasteiger partial charge in [0, 0.05) is 17.8 Å². The minimum absolute atomic E-state index is 0.138. The molecule has 1 aromatic heterocycles. The third-order valence-corrected chi connectivity index (χ3v) is 7.31. The Labute approximate surface area is 183 Å². The minimum Gasteiger partial charge on any atom is -0.497 e. The third kappa shape index (κ3) is 4.37. The maximum absolute atomic E-state index is 13.6. The molecular formula is C24H28N2O4S. The van der Waals surface area contributed by atoms with Gasteiger partial charge in [0.05, 0.1) is 12.0 Å². The molecule has 31 heavy (non-hydrogen) atoms. The van der Waals surface area contributed by atoms with Crippen LogP contribution in [0.3, 0.4) is 0 Å². The van der Waals surface area contributed by atoms with Crippen molar-refractivity contribution in [1.29, 1.82) is 0 Å². The van der Waals surface area contributed by atoms with Crippen LogP contribution in [-0.4, -0.2) is 26.0 Å². The standard InChI is InChI=1S/C24H28N2O4S/c1-6-14-26-18(4)17(3)22(31(28,29)21-12-10-16(2)11-13-21)23(26)25-24(27)19-8-7-9-20(15-19)30-5/h7-13,15H,6,14H2,1-5H3,(H,25,27). The van der Waals surface area contributed by atoms with Crippen molar-refractivity contribution in [3.05, 3.63) is 70.9 Å². The summed E-state index contributed by atoms with van der Waals surface area (Å²) in [5.41, 5.74) is 2.81. The van der Waals surface area contributed by atoms with E-state index in [1.54, 1.807) is 55.5 Å². The van der Waals surface area contributed by atoms with Crippen LogP contribution >= 0.6 is 0 Å². The zero-order valence-corrected chi connectivity index (χ0v) is 19.3. The molecule has 164 valence electrons. The lowest BCUT2D eigenvalue weighted by atomic mass is 10.2. The summed E-state index contributed by atoms with van der Waals surface area (Å²) in [7, 11) is -2.31. The Hall–Kier alpha value is -3.06. The van der Waals surface area contributed by atoms with E-state index >= 15 is 0 Å². The second-order valence-corrected chi connectivity index (χ2v) is 9.43. The molecule has 0 aliphatic rings. The van der Waals surface area contributed by atoms with Gasteiger partial charge >= 0.3 is 0 Å². The topological polar surface area (TPSA) is 77.4 Å². The molecule has 3 rings (SSSR count). The molecule has 7 heteroatoms. The van der Waals surface area contributed by atoms with Crippen molar-refractivity contribution in [2.24, 2.45) is 0 Å². The van der Waals surface area contributed by atoms with Crippen molar-refractivity contribution in [2.75, 3.05) is 12.4 Å². The Morgan fingerprint density at radius 3 is 2.35 bits per heavy atom. The zero-order chi connectivity index (χ0) is 22.8. The van der Waals surface area contributed by atoms with E-state index in [0.29, 0.717) is 29.2 Å². The number of sulfone groups is 1. The summed E-state index contributed by atoms with van der Waals surface area (Å²) in [6, 6.07) is 13.5. The van der Waals surface area contributed by atoms with Gasteiger partial charge in [-0.1, -0.05) is 30.7 Å². The molecule has 1 heterocycles. The zero-order valence-electron chi connectivity index (χ0n) is 18.5. The number of rotatable bonds is 7. The van der Waals surface area contributed by atoms with E-state index in [1.165, 1.54) is 7.11 Å². The van der Waals surface area contributed by atoms with Gasteiger partial charge in [-0.05, 0) is 63.1 Å². The first-order valence-corrected chi connectivity index (χ1v) is 11.7. The Kier molecular flexibility index (Phi) is 6.55. The van der Waals surface area contributed by atoms with Crippen LogP contribution in [0.25, 0.3) is 0 Å². The lowest BCUT2D eigenvalue weighted by Crippen LogP contribution is -2.18. The van der Waals surface area contributed by atoms with Crippen LogP contribution < -0.4 is 10.1 Å². The SMILES string of the molecule is CCCn1c(C)c(C)c(S(=O)(=O)c2ccc(C)cc2)c1NC(=O)c1cccc(OC)c1. The molecule has 0 saturated heterocycles. The summed E-state index contributed by atoms with van der Waals surface area (Å²) in [4.78, 5) is 13.4. The van der Waals surface area contributed by atoms with E-state index in [1.807, 2.05) is 25.3 Å². The second-order valence-electron chi connectivity index (χ2n) is 7.54. The summed E-state index contributed by atoms with van der Waals surface area (Å²) in [5, 5.41) is 2.87. The molecule has 0 radical (unpaired) electrons. The fourth-order valence-electron chi connectivity index (χ4n) is 3.57. The molecule has 2 aromatic carbocycles. The van der Waals surface area contributed by atoms with Crippen LogP contribution in [0.15, 0.2) is 58.3 Å². The number of nitrogens with zero attached hydrogens (tertiary/aromatic N) is 1. The number of benzene rings is 2. The molecular weight excluding hydrogens is 412 g/mol. The van der Waals surface area contributed by atoms with Gasteiger partial charge < -0.3 is 14.6 Å². The smallest absolute Gasteiger partial charge is 0.256 e. The van der Waals surface area contributed by atoms with Crippen LogP contribution in [0.2, 0.25) is 0 Å². The number of aromatic nitrogens is 1. The molecule has 0 saturated carbocycles. The van der Waals surface area contributed by atoms with Crippen molar-refractivity contribution in [3.8, 4) is 5.75 Å². The van der Waals surface area contributed by atoms with E-state index in [4.69, 9.17) is 4.74 Å². The van der Waals surface area contributed by atoms with Gasteiger partial charge in [-0.25, -0.2) is 8.42 Å². The number of anilines is 1. The number of hydrogen-bond donors (Lipinski definition) is 1. The van der Waals surface area contributed by atoms with Gasteiger partial charge in [-0.3, -0.25) is 4.79 Å². The number of amides is 1. The van der Waals surface area contributed by atoms with Gasteiger partial charge in [-0.2, -0.15) is 0 Å². The first-order chi connectivity index (χ1) is 14.7. The predicted molar refractivity (Wildman–Crippen MR) is 122 cm³/mol. The van der Waals surface area contributed by atoms with Crippen LogP contribution in [0.5, 0.6) is 5.75 Å². The van der Waals surface area contributed by atoms with Crippen LogP contribution in [0, 0.1) is 20.8 Å². The summed E-state index contributed by atoms with van der Waals surface area (Å²) in [5.74, 6) is 0.454. The van der Waals surface area contributed by atoms with E-state index in [-0.39, 0.29) is 9.79 Å². The summed E-state index contributed by atoms with van der Waals surface area (Å²) in [6.45, 7) is 8.16. The van der Waals surface area contributed by atoms with Crippen molar-refractivity contribution in [2.45, 2.75) is 50.5 Å². The number of carbonyl (C=O) groups is 1. The molecule has 3 aromatic rings. The first-order valence-electron chi connectivity index (χ1n) is 10.2. The number of nitrogens with one attached hydrogen (secondary N) is 1. The highest BCUT2D eigenvalue weighted by molar-refractivity contribution is 7.91. The highest BCUT2D eigenvalue weighted by Gasteiger charge is 2.30. The summed E-state index contributed by atoms with van der Waals surface area (Å²) in [6.07, 6.45) is 0.793. The Balaban J connectivity index is 2.15. The Morgan fingerprint density at radius 2 is 1.74 bits per heavy atom. The summed E-state index contributed by atoms with van der Waals surface area (Å²) >= 11 is 0. The average Bonchev–Trinajstić information content (AvgIpc) is 2.99. The van der Waals surface area contributed by atoms with E-state index in [9.17, 15) is 13.2 Å². The number of methoxy groups -OCH3 is 1. The van der Waals surface area contributed by atoms with E-state index < -0.39 is 15.7 Å². The van der Waals surface area contributed by atoms with Crippen molar-refractivity contribution in [3.63, 3.8) is 0 Å². The average molecular weight is 441 g/mol. The van der Waals surface area contributed by atoms with E-state index in [2.05, 4.69) is 5.32 Å². The monoisotopic (exact) mass is 440 g/mol. The Morgan fingerprint density at radius 1 is 1.06 bits per heavy atom. The largest absolute Gasteiger partial charge is 0.497 e. The lowest BCUT2D eigenvalue weighted by molar-refractivity contribution is 0.102. The number of ether oxygens (including phenoxy) is 1. The molecule has 0 aliphatic carbocycles. The van der Waals surface area contributed by atoms with E-state index in [0.717, 1.165) is 17.7 Å². The first kappa shape index (κ1) is 22.6. The lowest BCUT2D eigenvalue weighted by Gasteiger charge is -2.14. The second kappa shape index (κ2) is 8.98. The molecule has 0 bridgehead atoms. The maximum atomic E-state index is 13.6. The van der Waals surface area contributed by atoms with Crippen LogP contribution in [-0.2, 0) is 16.4 Å². The van der Waals surface area contributed by atoms with Gasteiger partial charge in [0.1, 0.15) is 16.5 Å². The van der Waals surface area contributed by atoms with Gasteiger partial charge in [-0.15, -0.1) is 0 Å². The fraction of sp³-hybridized carbons (Fsp3) is 0.292. The third-order valence-electron chi connectivity index (χ3n) is 5.38. The van der Waals surface area contributed by atoms with Crippen molar-refractivity contribution >= 4 is 21.6 Å². The van der Waals surface area contributed by atoms with Crippen molar-refractivity contribution in [1.82, 2.24) is 4.57 Å². The molecule has 0 unspecified atom stereocenters. The maximum Gasteiger partial charge on any atom is 0.256 e. The summed E-state index contributed by atoms with van der Waals surface area (Å²) < 4.78 is 34.3. The van der Waals surface area contributed by atoms with Crippen molar-refractivity contribution < 1.29 is 17.9 Å². The number of carbonyl (C=O) groups excluding carboxylic acids is 1. The number of aryl methyl sites for hydroxylation is 1. The molecule has 0 aliphatic heterocycles. The normalized spacial score (nSPS) is 11.4. The fourth-order valence-corrected chi connectivity index (χ4v) is 5.27. The highest BCUT2D eigenvalue weighted by Crippen LogP contribution is 2.36. The molecule has 0 spiro atoms. The van der Waals surface area contributed by atoms with Crippen LogP contribution in [0.4, 0.5) is 5.82 Å². The molecule has 6 nitrogen and oxygen atoms in total. The quantitative estimate of drug-likeness (QED) is 0.566. The predicted octanol–water partition coefficient (Wildman–Crippen LogP) is 4.92. The molecule has 0 atom stereocenters. The van der Waals surface area contributed by atoms with Gasteiger partial charge in [0.15, 0.2) is 0 Å². The molecule has 1 N–H and O–H groups in total. The van der Waals surface area contributed by atoms with Gasteiger partial charge in [0.25, 0.3) is 5.91 Å². The highest BCUT2D eigenvalue weighted by atomic mass is 32.2. The van der Waals surface area contributed by atoms with Crippen LogP contribution in [0.1, 0.15) is 40.5 Å².